The van der Waals surface area contributed by atoms with E-state index in [1.165, 1.54) is 0 Å². The average molecular weight is 319 g/mol. The molecular weight excluding hydrogens is 302 g/mol. The molecule has 1 aromatic heterocycles. The van der Waals surface area contributed by atoms with E-state index in [2.05, 4.69) is 10.3 Å². The SMILES string of the molecule is C[C@H](C(=O)Nc1ccc2[nH]ccc2c1)N1Cc2ccccc2C1=O. The zero-order valence-electron chi connectivity index (χ0n) is 13.2. The van der Waals surface area contributed by atoms with Gasteiger partial charge in [-0.05, 0) is 42.8 Å². The van der Waals surface area contributed by atoms with E-state index in [1.54, 1.807) is 11.8 Å². The Morgan fingerprint density at radius 3 is 2.88 bits per heavy atom. The zero-order valence-corrected chi connectivity index (χ0v) is 13.2. The van der Waals surface area contributed by atoms with Crippen molar-refractivity contribution in [1.82, 2.24) is 9.88 Å². The Bertz CT molecular complexity index is 944. The topological polar surface area (TPSA) is 65.2 Å². The van der Waals surface area contributed by atoms with Gasteiger partial charge in [-0.3, -0.25) is 9.59 Å². The summed E-state index contributed by atoms with van der Waals surface area (Å²) in [6, 6.07) is 14.6. The van der Waals surface area contributed by atoms with E-state index in [4.69, 9.17) is 0 Å². The minimum Gasteiger partial charge on any atom is -0.361 e. The van der Waals surface area contributed by atoms with Crippen molar-refractivity contribution < 1.29 is 9.59 Å². The number of carbonyl (C=O) groups excluding carboxylic acids is 2. The summed E-state index contributed by atoms with van der Waals surface area (Å²) in [5.74, 6) is -0.277. The van der Waals surface area contributed by atoms with Crippen LogP contribution in [0.2, 0.25) is 0 Å². The minimum atomic E-state index is -0.535. The number of rotatable bonds is 3. The molecule has 0 unspecified atom stereocenters. The highest BCUT2D eigenvalue weighted by Gasteiger charge is 2.33. The molecule has 4 rings (SSSR count). The smallest absolute Gasteiger partial charge is 0.255 e. The van der Waals surface area contributed by atoms with Crippen LogP contribution in [-0.4, -0.2) is 27.7 Å². The predicted octanol–water partition coefficient (Wildman–Crippen LogP) is 3.15. The first-order valence-electron chi connectivity index (χ1n) is 7.90. The summed E-state index contributed by atoms with van der Waals surface area (Å²) in [5.41, 5.74) is 3.40. The number of H-pyrrole nitrogens is 1. The van der Waals surface area contributed by atoms with E-state index in [0.29, 0.717) is 12.1 Å². The maximum atomic E-state index is 12.6. The molecular formula is C19H17N3O2. The third-order valence-corrected chi connectivity index (χ3v) is 4.52. The number of aromatic nitrogens is 1. The lowest BCUT2D eigenvalue weighted by molar-refractivity contribution is -0.120. The van der Waals surface area contributed by atoms with Crippen molar-refractivity contribution in [1.29, 1.82) is 0 Å². The molecule has 0 bridgehead atoms. The van der Waals surface area contributed by atoms with Crippen molar-refractivity contribution in [2.24, 2.45) is 0 Å². The average Bonchev–Trinajstić information content (AvgIpc) is 3.18. The quantitative estimate of drug-likeness (QED) is 0.779. The van der Waals surface area contributed by atoms with Gasteiger partial charge in [0.05, 0.1) is 0 Å². The largest absolute Gasteiger partial charge is 0.361 e. The van der Waals surface area contributed by atoms with Crippen LogP contribution >= 0.6 is 0 Å². The first-order chi connectivity index (χ1) is 11.6. The van der Waals surface area contributed by atoms with Crippen molar-refractivity contribution in [3.8, 4) is 0 Å². The molecule has 120 valence electrons. The van der Waals surface area contributed by atoms with Crippen LogP contribution in [0, 0.1) is 0 Å². The fraction of sp³-hybridized carbons (Fsp3) is 0.158. The Hall–Kier alpha value is -3.08. The lowest BCUT2D eigenvalue weighted by Crippen LogP contribution is -2.42. The third-order valence-electron chi connectivity index (χ3n) is 4.52. The molecule has 0 saturated carbocycles. The minimum absolute atomic E-state index is 0.0886. The van der Waals surface area contributed by atoms with Gasteiger partial charge in [0.15, 0.2) is 0 Å². The first kappa shape index (κ1) is 14.5. The zero-order chi connectivity index (χ0) is 16.7. The Balaban J connectivity index is 1.51. The van der Waals surface area contributed by atoms with Gasteiger partial charge in [0.25, 0.3) is 5.91 Å². The van der Waals surface area contributed by atoms with Crippen molar-refractivity contribution in [2.45, 2.75) is 19.5 Å². The maximum Gasteiger partial charge on any atom is 0.255 e. The molecule has 5 heteroatoms. The molecule has 2 N–H and O–H groups in total. The Kier molecular flexibility index (Phi) is 3.34. The number of carbonyl (C=O) groups is 2. The molecule has 24 heavy (non-hydrogen) atoms. The first-order valence-corrected chi connectivity index (χ1v) is 7.90. The molecule has 2 amide bonds. The summed E-state index contributed by atoms with van der Waals surface area (Å²) in [5, 5.41) is 3.93. The number of hydrogen-bond acceptors (Lipinski definition) is 2. The summed E-state index contributed by atoms with van der Waals surface area (Å²) in [4.78, 5) is 29.8. The molecule has 2 heterocycles. The van der Waals surface area contributed by atoms with Gasteiger partial charge < -0.3 is 15.2 Å². The molecule has 0 spiro atoms. The van der Waals surface area contributed by atoms with Gasteiger partial charge in [0.1, 0.15) is 6.04 Å². The second kappa shape index (κ2) is 5.53. The van der Waals surface area contributed by atoms with E-state index in [9.17, 15) is 9.59 Å². The molecule has 1 aliphatic heterocycles. The van der Waals surface area contributed by atoms with Gasteiger partial charge >= 0.3 is 0 Å². The third kappa shape index (κ3) is 2.34. The van der Waals surface area contributed by atoms with Crippen LogP contribution in [-0.2, 0) is 11.3 Å². The standard InChI is InChI=1S/C19H17N3O2/c1-12(22-11-14-4-2-3-5-16(14)19(22)24)18(23)21-15-6-7-17-13(10-15)8-9-20-17/h2-10,12,20H,11H2,1H3,(H,21,23)/t12-/m1/s1. The summed E-state index contributed by atoms with van der Waals surface area (Å²) in [7, 11) is 0. The van der Waals surface area contributed by atoms with E-state index < -0.39 is 6.04 Å². The number of anilines is 1. The number of benzene rings is 2. The lowest BCUT2D eigenvalue weighted by atomic mass is 10.1. The van der Waals surface area contributed by atoms with Gasteiger partial charge in [-0.25, -0.2) is 0 Å². The van der Waals surface area contributed by atoms with E-state index in [1.807, 2.05) is 54.7 Å². The van der Waals surface area contributed by atoms with Gasteiger partial charge in [-0.1, -0.05) is 18.2 Å². The second-order valence-electron chi connectivity index (χ2n) is 6.04. The molecule has 1 atom stereocenters. The molecule has 3 aromatic rings. The number of amides is 2. The van der Waals surface area contributed by atoms with E-state index in [0.717, 1.165) is 22.2 Å². The molecule has 2 aromatic carbocycles. The van der Waals surface area contributed by atoms with Gasteiger partial charge in [-0.2, -0.15) is 0 Å². The highest BCUT2D eigenvalue weighted by molar-refractivity contribution is 6.03. The monoisotopic (exact) mass is 319 g/mol. The molecule has 0 fully saturated rings. The normalized spacial score (nSPS) is 14.7. The predicted molar refractivity (Wildman–Crippen MR) is 92.7 cm³/mol. The number of nitrogens with zero attached hydrogens (tertiary/aromatic N) is 1. The molecule has 0 aliphatic carbocycles. The van der Waals surface area contributed by atoms with E-state index >= 15 is 0 Å². The molecule has 5 nitrogen and oxygen atoms in total. The fourth-order valence-electron chi connectivity index (χ4n) is 3.11. The van der Waals surface area contributed by atoms with Crippen LogP contribution in [0.1, 0.15) is 22.8 Å². The Labute approximate surface area is 139 Å². The highest BCUT2D eigenvalue weighted by atomic mass is 16.2. The fourth-order valence-corrected chi connectivity index (χ4v) is 3.11. The highest BCUT2D eigenvalue weighted by Crippen LogP contribution is 2.25. The Morgan fingerprint density at radius 1 is 1.21 bits per heavy atom. The second-order valence-corrected chi connectivity index (χ2v) is 6.04. The summed E-state index contributed by atoms with van der Waals surface area (Å²) < 4.78 is 0. The number of nitrogens with one attached hydrogen (secondary N) is 2. The molecule has 0 saturated heterocycles. The molecule has 0 radical (unpaired) electrons. The Morgan fingerprint density at radius 2 is 2.04 bits per heavy atom. The summed E-state index contributed by atoms with van der Waals surface area (Å²) in [6.45, 7) is 2.23. The van der Waals surface area contributed by atoms with Crippen molar-refractivity contribution in [3.05, 3.63) is 65.9 Å². The van der Waals surface area contributed by atoms with Crippen molar-refractivity contribution >= 4 is 28.4 Å². The van der Waals surface area contributed by atoms with Crippen LogP contribution in [0.3, 0.4) is 0 Å². The number of hydrogen-bond donors (Lipinski definition) is 2. The summed E-state index contributed by atoms with van der Waals surface area (Å²) >= 11 is 0. The van der Waals surface area contributed by atoms with Gasteiger partial charge in [-0.15, -0.1) is 0 Å². The summed E-state index contributed by atoms with van der Waals surface area (Å²) in [6.07, 6.45) is 1.86. The lowest BCUT2D eigenvalue weighted by Gasteiger charge is -2.23. The van der Waals surface area contributed by atoms with Crippen LogP contribution in [0.15, 0.2) is 54.7 Å². The van der Waals surface area contributed by atoms with Crippen LogP contribution in [0.5, 0.6) is 0 Å². The van der Waals surface area contributed by atoms with Crippen molar-refractivity contribution in [2.75, 3.05) is 5.32 Å². The number of aromatic amines is 1. The maximum absolute atomic E-state index is 12.6. The van der Waals surface area contributed by atoms with Crippen LogP contribution < -0.4 is 5.32 Å². The van der Waals surface area contributed by atoms with Crippen molar-refractivity contribution in [3.63, 3.8) is 0 Å². The van der Waals surface area contributed by atoms with Crippen LogP contribution in [0.4, 0.5) is 5.69 Å². The van der Waals surface area contributed by atoms with E-state index in [-0.39, 0.29) is 11.8 Å². The number of fused-ring (bicyclic) bond motifs is 2. The van der Waals surface area contributed by atoms with Gasteiger partial charge in [0.2, 0.25) is 5.91 Å². The van der Waals surface area contributed by atoms with Gasteiger partial charge in [0, 0.05) is 34.9 Å². The van der Waals surface area contributed by atoms with Crippen LogP contribution in [0.25, 0.3) is 10.9 Å². The molecule has 1 aliphatic rings.